The van der Waals surface area contributed by atoms with Crippen LogP contribution in [-0.4, -0.2) is 28.3 Å². The summed E-state index contributed by atoms with van der Waals surface area (Å²) in [5.74, 6) is 0.250. The van der Waals surface area contributed by atoms with Crippen LogP contribution in [0.1, 0.15) is 24.8 Å². The Balaban J connectivity index is 3.16. The number of nitrogens with zero attached hydrogens (tertiary/aromatic N) is 1. The fourth-order valence-electron chi connectivity index (χ4n) is 1.78. The lowest BCUT2D eigenvalue weighted by Crippen LogP contribution is -2.26. The van der Waals surface area contributed by atoms with Crippen molar-refractivity contribution in [3.05, 3.63) is 29.8 Å². The summed E-state index contributed by atoms with van der Waals surface area (Å²) in [5, 5.41) is 0. The molecule has 0 aromatic heterocycles. The molecule has 0 amide bonds. The predicted octanol–water partition coefficient (Wildman–Crippen LogP) is 1.53. The van der Waals surface area contributed by atoms with E-state index in [0.29, 0.717) is 6.54 Å². The number of rotatable bonds is 5. The Morgan fingerprint density at radius 1 is 1.35 bits per heavy atom. The number of hydrogen-bond acceptors (Lipinski definition) is 3. The molecule has 0 aliphatic heterocycles. The minimum absolute atomic E-state index is 0.250. The molecule has 17 heavy (non-hydrogen) atoms. The summed E-state index contributed by atoms with van der Waals surface area (Å²) in [7, 11) is -1.65. The normalized spacial score (nSPS) is 13.4. The summed E-state index contributed by atoms with van der Waals surface area (Å²) in [6.45, 7) is 2.65. The van der Waals surface area contributed by atoms with Crippen LogP contribution >= 0.6 is 0 Å². The number of anilines is 1. The maximum absolute atomic E-state index is 11.6. The Bertz CT molecular complexity index is 471. The van der Waals surface area contributed by atoms with Crippen LogP contribution in [0.3, 0.4) is 0 Å². The lowest BCUT2D eigenvalue weighted by molar-refractivity contribution is 0.599. The van der Waals surface area contributed by atoms with Gasteiger partial charge < -0.3 is 5.73 Å². The van der Waals surface area contributed by atoms with Gasteiger partial charge in [0, 0.05) is 7.05 Å². The highest BCUT2D eigenvalue weighted by atomic mass is 32.2. The molecule has 0 bridgehead atoms. The Labute approximate surface area is 103 Å². The topological polar surface area (TPSA) is 63.4 Å². The first kappa shape index (κ1) is 14.0. The van der Waals surface area contributed by atoms with Crippen molar-refractivity contribution in [2.24, 2.45) is 5.73 Å². The zero-order chi connectivity index (χ0) is 13.1. The Hall–Kier alpha value is -1.07. The molecule has 0 heterocycles. The van der Waals surface area contributed by atoms with Gasteiger partial charge in [0.2, 0.25) is 10.0 Å². The molecule has 0 spiro atoms. The van der Waals surface area contributed by atoms with Gasteiger partial charge in [0.25, 0.3) is 0 Å². The monoisotopic (exact) mass is 256 g/mol. The molecule has 0 saturated carbocycles. The third-order valence-corrected chi connectivity index (χ3v) is 4.10. The number of sulfonamides is 1. The van der Waals surface area contributed by atoms with E-state index in [4.69, 9.17) is 5.73 Å². The highest BCUT2D eigenvalue weighted by Crippen LogP contribution is 2.29. The molecule has 0 saturated heterocycles. The van der Waals surface area contributed by atoms with E-state index in [-0.39, 0.29) is 5.92 Å². The van der Waals surface area contributed by atoms with Crippen LogP contribution < -0.4 is 10.0 Å². The van der Waals surface area contributed by atoms with Gasteiger partial charge >= 0.3 is 0 Å². The maximum Gasteiger partial charge on any atom is 0.232 e. The van der Waals surface area contributed by atoms with Gasteiger partial charge in [0.15, 0.2) is 0 Å². The quantitative estimate of drug-likeness (QED) is 0.869. The Morgan fingerprint density at radius 3 is 2.47 bits per heavy atom. The lowest BCUT2D eigenvalue weighted by atomic mass is 9.96. The van der Waals surface area contributed by atoms with Crippen molar-refractivity contribution in [3.8, 4) is 0 Å². The molecular formula is C12H20N2O2S. The molecule has 1 aromatic rings. The van der Waals surface area contributed by atoms with Gasteiger partial charge in [0.1, 0.15) is 0 Å². The van der Waals surface area contributed by atoms with Crippen molar-refractivity contribution in [3.63, 3.8) is 0 Å². The zero-order valence-electron chi connectivity index (χ0n) is 10.6. The largest absolute Gasteiger partial charge is 0.330 e. The predicted molar refractivity (Wildman–Crippen MR) is 71.8 cm³/mol. The maximum atomic E-state index is 11.6. The van der Waals surface area contributed by atoms with E-state index in [1.807, 2.05) is 24.3 Å². The number of nitrogens with two attached hydrogens (primary N) is 1. The van der Waals surface area contributed by atoms with Crippen LogP contribution in [0.2, 0.25) is 0 Å². The first-order chi connectivity index (χ1) is 7.88. The molecule has 1 aromatic carbocycles. The summed E-state index contributed by atoms with van der Waals surface area (Å²) in [6, 6.07) is 7.54. The van der Waals surface area contributed by atoms with Crippen LogP contribution in [0, 0.1) is 0 Å². The second-order valence-electron chi connectivity index (χ2n) is 4.27. The molecular weight excluding hydrogens is 236 g/mol. The van der Waals surface area contributed by atoms with E-state index in [1.54, 1.807) is 7.05 Å². The minimum atomic E-state index is -3.22. The van der Waals surface area contributed by atoms with Gasteiger partial charge in [0.05, 0.1) is 11.9 Å². The average Bonchev–Trinajstić information content (AvgIpc) is 2.27. The Kier molecular flexibility index (Phi) is 4.54. The molecule has 5 heteroatoms. The van der Waals surface area contributed by atoms with Crippen LogP contribution in [-0.2, 0) is 10.0 Å². The summed E-state index contributed by atoms with van der Waals surface area (Å²) in [6.07, 6.45) is 2.05. The molecule has 1 atom stereocenters. The Morgan fingerprint density at radius 2 is 1.94 bits per heavy atom. The van der Waals surface area contributed by atoms with E-state index < -0.39 is 10.0 Å². The summed E-state index contributed by atoms with van der Waals surface area (Å²) >= 11 is 0. The van der Waals surface area contributed by atoms with Crippen LogP contribution in [0.4, 0.5) is 5.69 Å². The zero-order valence-corrected chi connectivity index (χ0v) is 11.4. The molecule has 2 N–H and O–H groups in total. The van der Waals surface area contributed by atoms with Gasteiger partial charge in [-0.2, -0.15) is 0 Å². The van der Waals surface area contributed by atoms with Crippen LogP contribution in [0.15, 0.2) is 24.3 Å². The fourth-order valence-corrected chi connectivity index (χ4v) is 2.30. The van der Waals surface area contributed by atoms with E-state index in [0.717, 1.165) is 17.7 Å². The van der Waals surface area contributed by atoms with Crippen molar-refractivity contribution >= 4 is 15.7 Å². The highest BCUT2D eigenvalue weighted by Gasteiger charge is 2.17. The van der Waals surface area contributed by atoms with Gasteiger partial charge in [-0.25, -0.2) is 8.42 Å². The van der Waals surface area contributed by atoms with Crippen molar-refractivity contribution in [2.45, 2.75) is 19.3 Å². The van der Waals surface area contributed by atoms with Gasteiger partial charge in [-0.1, -0.05) is 25.1 Å². The SMILES string of the molecule is CC(CCN)c1ccccc1N(C)S(C)(=O)=O. The van der Waals surface area contributed by atoms with Crippen LogP contribution in [0.25, 0.3) is 0 Å². The van der Waals surface area contributed by atoms with Crippen molar-refractivity contribution < 1.29 is 8.42 Å². The second-order valence-corrected chi connectivity index (χ2v) is 6.28. The number of benzene rings is 1. The van der Waals surface area contributed by atoms with Gasteiger partial charge in [-0.3, -0.25) is 4.31 Å². The molecule has 1 rings (SSSR count). The molecule has 0 fully saturated rings. The fraction of sp³-hybridized carbons (Fsp3) is 0.500. The van der Waals surface area contributed by atoms with Crippen molar-refractivity contribution in [1.29, 1.82) is 0 Å². The lowest BCUT2D eigenvalue weighted by Gasteiger charge is -2.23. The molecule has 96 valence electrons. The third-order valence-electron chi connectivity index (χ3n) is 2.90. The molecule has 1 unspecified atom stereocenters. The average molecular weight is 256 g/mol. The second kappa shape index (κ2) is 5.51. The third kappa shape index (κ3) is 3.44. The molecule has 0 radical (unpaired) electrons. The van der Waals surface area contributed by atoms with Crippen molar-refractivity contribution in [2.75, 3.05) is 24.2 Å². The summed E-state index contributed by atoms with van der Waals surface area (Å²) < 4.78 is 24.4. The number of hydrogen-bond donors (Lipinski definition) is 1. The molecule has 0 aliphatic rings. The van der Waals surface area contributed by atoms with Crippen LogP contribution in [0.5, 0.6) is 0 Å². The van der Waals surface area contributed by atoms with Crippen molar-refractivity contribution in [1.82, 2.24) is 0 Å². The van der Waals surface area contributed by atoms with E-state index in [1.165, 1.54) is 10.6 Å². The minimum Gasteiger partial charge on any atom is -0.330 e. The van der Waals surface area contributed by atoms with E-state index >= 15 is 0 Å². The summed E-state index contributed by atoms with van der Waals surface area (Å²) in [5.41, 5.74) is 7.30. The standard InChI is InChI=1S/C12H20N2O2S/c1-10(8-9-13)11-6-4-5-7-12(11)14(2)17(3,15)16/h4-7,10H,8-9,13H2,1-3H3. The molecule has 0 aliphatic carbocycles. The smallest absolute Gasteiger partial charge is 0.232 e. The van der Waals surface area contributed by atoms with Gasteiger partial charge in [-0.05, 0) is 30.5 Å². The first-order valence-corrected chi connectivity index (χ1v) is 7.45. The number of para-hydroxylation sites is 1. The first-order valence-electron chi connectivity index (χ1n) is 5.60. The van der Waals surface area contributed by atoms with E-state index in [2.05, 4.69) is 6.92 Å². The van der Waals surface area contributed by atoms with Gasteiger partial charge in [-0.15, -0.1) is 0 Å². The summed E-state index contributed by atoms with van der Waals surface area (Å²) in [4.78, 5) is 0. The molecule has 4 nitrogen and oxygen atoms in total. The highest BCUT2D eigenvalue weighted by molar-refractivity contribution is 7.92. The van der Waals surface area contributed by atoms with E-state index in [9.17, 15) is 8.42 Å².